The molecule has 0 amide bonds. The summed E-state index contributed by atoms with van der Waals surface area (Å²) in [6.45, 7) is 22.3. The van der Waals surface area contributed by atoms with Gasteiger partial charge < -0.3 is 0 Å². The Hall–Kier alpha value is -2.48. The summed E-state index contributed by atoms with van der Waals surface area (Å²) in [7, 11) is 0. The summed E-state index contributed by atoms with van der Waals surface area (Å²) in [5.41, 5.74) is 13.2. The van der Waals surface area contributed by atoms with Gasteiger partial charge in [-0.05, 0) is 291 Å². The zero-order valence-corrected chi connectivity index (χ0v) is 51.2. The molecule has 2 heteroatoms. The van der Waals surface area contributed by atoms with E-state index in [9.17, 15) is 8.78 Å². The van der Waals surface area contributed by atoms with Gasteiger partial charge in [0.25, 0.3) is 0 Å². The molecule has 6 saturated carbocycles. The molecular weight excluding hydrogens is 927 g/mol. The molecule has 0 unspecified atom stereocenters. The Morgan fingerprint density at radius 3 is 0.934 bits per heavy atom. The predicted octanol–water partition coefficient (Wildman–Crippen LogP) is 23.7. The van der Waals surface area contributed by atoms with Crippen LogP contribution in [-0.2, 0) is 0 Å². The average Bonchev–Trinajstić information content (AvgIpc) is 3.46. The predicted molar refractivity (Wildman–Crippen MR) is 326 cm³/mol. The first-order valence-electron chi connectivity index (χ1n) is 33.4. The third-order valence-corrected chi connectivity index (χ3v) is 22.7. The molecule has 0 aliphatic heterocycles. The van der Waals surface area contributed by atoms with E-state index in [4.69, 9.17) is 0 Å². The highest BCUT2D eigenvalue weighted by molar-refractivity contribution is 5.39. The van der Waals surface area contributed by atoms with Crippen molar-refractivity contribution in [3.8, 4) is 0 Å². The summed E-state index contributed by atoms with van der Waals surface area (Å²) in [6, 6.07) is 13.5. The molecule has 9 rings (SSSR count). The van der Waals surface area contributed by atoms with Gasteiger partial charge in [0.15, 0.2) is 11.6 Å². The van der Waals surface area contributed by atoms with Crippen LogP contribution in [-0.4, -0.2) is 0 Å². The van der Waals surface area contributed by atoms with Gasteiger partial charge in [0, 0.05) is 0 Å². The van der Waals surface area contributed by atoms with Crippen LogP contribution < -0.4 is 0 Å². The van der Waals surface area contributed by atoms with Crippen LogP contribution in [0.25, 0.3) is 0 Å². The minimum absolute atomic E-state index is 0.215. The van der Waals surface area contributed by atoms with Gasteiger partial charge in [0.1, 0.15) is 0 Å². The number of hydrogen-bond donors (Lipinski definition) is 0. The SMILES string of the molecule is CCCC1CCC(C2CCC(c3cc(C)c(C)c(C)c3)CC2)CC1.CCCCCC1CCC(C2CCC(c3cc(C)c(C)c(C)c3)CC2)CC1.CCCCCC1CCC(C2CCC(c3ccc(C)c(F)c3F)CC2)CC1. The van der Waals surface area contributed by atoms with E-state index in [0.717, 1.165) is 77.9 Å². The van der Waals surface area contributed by atoms with Crippen molar-refractivity contribution in [1.29, 1.82) is 0 Å². The fourth-order valence-electron chi connectivity index (χ4n) is 17.0. The Morgan fingerprint density at radius 2 is 0.618 bits per heavy atom. The Bertz CT molecular complexity index is 2090. The van der Waals surface area contributed by atoms with Gasteiger partial charge in [-0.1, -0.05) is 160 Å². The largest absolute Gasteiger partial charge is 0.203 e. The maximum Gasteiger partial charge on any atom is 0.162 e. The molecule has 426 valence electrons. The molecule has 0 aromatic heterocycles. The summed E-state index contributed by atoms with van der Waals surface area (Å²) < 4.78 is 28.2. The molecule has 3 aromatic rings. The van der Waals surface area contributed by atoms with E-state index >= 15 is 0 Å². The Labute approximate surface area is 468 Å². The summed E-state index contributed by atoms with van der Waals surface area (Å²) >= 11 is 0. The Balaban J connectivity index is 0.000000166. The number of unbranched alkanes of at least 4 members (excludes halogenated alkanes) is 4. The van der Waals surface area contributed by atoms with Gasteiger partial charge in [0.2, 0.25) is 0 Å². The minimum atomic E-state index is -0.647. The number of rotatable bonds is 16. The number of halogens is 2. The van der Waals surface area contributed by atoms with E-state index in [1.54, 1.807) is 24.1 Å². The normalized spacial score (nSPS) is 30.2. The summed E-state index contributed by atoms with van der Waals surface area (Å²) in [6.07, 6.45) is 48.3. The lowest BCUT2D eigenvalue weighted by atomic mass is 9.68. The van der Waals surface area contributed by atoms with Gasteiger partial charge in [-0.2, -0.15) is 0 Å². The van der Waals surface area contributed by atoms with Crippen molar-refractivity contribution in [3.05, 3.63) is 104 Å². The summed E-state index contributed by atoms with van der Waals surface area (Å²) in [4.78, 5) is 0. The van der Waals surface area contributed by atoms with Crippen molar-refractivity contribution in [2.45, 2.75) is 305 Å². The van der Waals surface area contributed by atoms with Crippen molar-refractivity contribution in [2.75, 3.05) is 0 Å². The van der Waals surface area contributed by atoms with Crippen molar-refractivity contribution in [1.82, 2.24) is 0 Å². The van der Waals surface area contributed by atoms with Crippen LogP contribution in [0.15, 0.2) is 36.4 Å². The molecule has 0 heterocycles. The fourth-order valence-corrected chi connectivity index (χ4v) is 17.0. The van der Waals surface area contributed by atoms with E-state index in [2.05, 4.69) is 86.6 Å². The van der Waals surface area contributed by atoms with Gasteiger partial charge in [-0.25, -0.2) is 8.78 Å². The molecule has 0 bridgehead atoms. The Kier molecular flexibility index (Phi) is 24.9. The molecule has 0 N–H and O–H groups in total. The first-order chi connectivity index (χ1) is 36.8. The zero-order chi connectivity index (χ0) is 54.1. The standard InChI is InChI=1S/C26H42.C24H36F2.C24H38/c1-5-6-7-8-22-9-11-23(12-10-22)24-13-15-25(16-14-24)26-17-19(2)21(4)20(3)18-26;1-3-4-5-6-18-8-10-19(11-9-18)20-12-14-21(15-13-20)22-16-7-17(2)23(25)24(22)26;1-5-6-20-7-9-21(10-8-20)22-11-13-23(14-12-22)24-15-17(2)19(4)18(3)16-24/h17-18,22-25H,5-16H2,1-4H3;7,16,18-21H,3-6,8-15H2,1-2H3;15-16,20-23H,5-14H2,1-4H3. The van der Waals surface area contributed by atoms with Crippen molar-refractivity contribution < 1.29 is 8.78 Å². The third kappa shape index (κ3) is 17.3. The fraction of sp³-hybridized carbons (Fsp3) is 0.757. The monoisotopic (exact) mass is 1040 g/mol. The van der Waals surface area contributed by atoms with Crippen molar-refractivity contribution in [2.24, 2.45) is 53.3 Å². The highest BCUT2D eigenvalue weighted by atomic mass is 19.2. The zero-order valence-electron chi connectivity index (χ0n) is 51.2. The second-order valence-corrected chi connectivity index (χ2v) is 27.6. The molecule has 3 aromatic carbocycles. The van der Waals surface area contributed by atoms with Gasteiger partial charge in [0.05, 0.1) is 0 Å². The van der Waals surface area contributed by atoms with E-state index < -0.39 is 11.6 Å². The van der Waals surface area contributed by atoms with E-state index in [0.29, 0.717) is 11.1 Å². The smallest absolute Gasteiger partial charge is 0.162 e. The topological polar surface area (TPSA) is 0 Å². The molecule has 0 spiro atoms. The third-order valence-electron chi connectivity index (χ3n) is 22.7. The average molecular weight is 1040 g/mol. The van der Waals surface area contributed by atoms with Gasteiger partial charge in [-0.15, -0.1) is 0 Å². The van der Waals surface area contributed by atoms with Crippen molar-refractivity contribution >= 4 is 0 Å². The maximum atomic E-state index is 14.3. The molecule has 0 saturated heterocycles. The quantitative estimate of drug-likeness (QED) is 0.125. The number of aryl methyl sites for hydroxylation is 5. The van der Waals surface area contributed by atoms with Crippen LogP contribution in [0.3, 0.4) is 0 Å². The second kappa shape index (κ2) is 30.9. The molecule has 76 heavy (non-hydrogen) atoms. The van der Waals surface area contributed by atoms with E-state index in [-0.39, 0.29) is 5.92 Å². The van der Waals surface area contributed by atoms with Crippen LogP contribution in [0.4, 0.5) is 8.78 Å². The number of benzene rings is 3. The molecule has 6 aliphatic rings. The lowest BCUT2D eigenvalue weighted by Crippen LogP contribution is -2.25. The first kappa shape index (κ1) is 61.1. The number of hydrogen-bond acceptors (Lipinski definition) is 0. The Morgan fingerprint density at radius 1 is 0.316 bits per heavy atom. The molecule has 6 aliphatic carbocycles. The lowest BCUT2D eigenvalue weighted by Gasteiger charge is -2.38. The molecule has 6 fully saturated rings. The minimum Gasteiger partial charge on any atom is -0.203 e. The highest BCUT2D eigenvalue weighted by Gasteiger charge is 2.35. The molecule has 0 nitrogen and oxygen atoms in total. The van der Waals surface area contributed by atoms with Crippen LogP contribution in [0.1, 0.15) is 312 Å². The summed E-state index contributed by atoms with van der Waals surface area (Å²) in [5, 5.41) is 0. The second-order valence-electron chi connectivity index (χ2n) is 27.6. The van der Waals surface area contributed by atoms with Crippen LogP contribution in [0.5, 0.6) is 0 Å². The van der Waals surface area contributed by atoms with E-state index in [1.807, 2.05) is 6.07 Å². The molecule has 0 atom stereocenters. The van der Waals surface area contributed by atoms with E-state index in [1.165, 1.54) is 239 Å². The highest BCUT2D eigenvalue weighted by Crippen LogP contribution is 2.48. The molecule has 0 radical (unpaired) electrons. The van der Waals surface area contributed by atoms with Gasteiger partial charge >= 0.3 is 0 Å². The molecular formula is C74H116F2. The first-order valence-corrected chi connectivity index (χ1v) is 33.4. The van der Waals surface area contributed by atoms with Crippen LogP contribution >= 0.6 is 0 Å². The summed E-state index contributed by atoms with van der Waals surface area (Å²) in [5.74, 6) is 9.61. The maximum absolute atomic E-state index is 14.3. The lowest BCUT2D eigenvalue weighted by molar-refractivity contribution is 0.155. The van der Waals surface area contributed by atoms with Gasteiger partial charge in [-0.3, -0.25) is 0 Å². The van der Waals surface area contributed by atoms with Crippen molar-refractivity contribution in [3.63, 3.8) is 0 Å². The van der Waals surface area contributed by atoms with Crippen LogP contribution in [0, 0.1) is 113 Å². The van der Waals surface area contributed by atoms with Crippen LogP contribution in [0.2, 0.25) is 0 Å².